The molecule has 8 nitrogen and oxygen atoms in total. The van der Waals surface area contributed by atoms with Crippen molar-refractivity contribution < 1.29 is 26.4 Å². The second-order valence-corrected chi connectivity index (χ2v) is 9.05. The first-order valence-corrected chi connectivity index (χ1v) is 10.7. The maximum Gasteiger partial charge on any atom is 0.274 e. The average molecular weight is 451 g/mol. The number of carbonyl (C=O) groups is 1. The van der Waals surface area contributed by atoms with Gasteiger partial charge in [0.05, 0.1) is 11.3 Å². The van der Waals surface area contributed by atoms with Crippen molar-refractivity contribution in [3.8, 4) is 6.07 Å². The number of anilines is 1. The molecule has 1 aliphatic heterocycles. The van der Waals surface area contributed by atoms with Crippen molar-refractivity contribution in [1.82, 2.24) is 4.98 Å². The highest BCUT2D eigenvalue weighted by molar-refractivity contribution is 7.92. The van der Waals surface area contributed by atoms with E-state index in [1.165, 1.54) is 18.3 Å². The van der Waals surface area contributed by atoms with E-state index in [2.05, 4.69) is 15.3 Å². The number of amidine groups is 1. The molecule has 2 aromatic rings. The van der Waals surface area contributed by atoms with Gasteiger partial charge in [0, 0.05) is 17.4 Å². The van der Waals surface area contributed by atoms with Gasteiger partial charge in [0.1, 0.15) is 29.2 Å². The van der Waals surface area contributed by atoms with E-state index in [1.807, 2.05) is 6.07 Å². The third-order valence-electron chi connectivity index (χ3n) is 4.68. The smallest absolute Gasteiger partial charge is 0.274 e. The number of pyridine rings is 1. The molecular weight excluding hydrogens is 435 g/mol. The Balaban J connectivity index is 1.99. The van der Waals surface area contributed by atoms with Crippen LogP contribution in [-0.4, -0.2) is 43.1 Å². The average Bonchev–Trinajstić information content (AvgIpc) is 2.84. The monoisotopic (exact) mass is 451 g/mol. The van der Waals surface area contributed by atoms with E-state index in [4.69, 9.17) is 11.0 Å². The maximum atomic E-state index is 14.6. The van der Waals surface area contributed by atoms with Gasteiger partial charge in [-0.2, -0.15) is 5.26 Å². The normalized spacial score (nSPS) is 20.4. The Bertz CT molecular complexity index is 1190. The first kappa shape index (κ1) is 22.2. The molecule has 1 amide bonds. The highest BCUT2D eigenvalue weighted by Crippen LogP contribution is 2.40. The van der Waals surface area contributed by atoms with Crippen LogP contribution in [0.2, 0.25) is 0 Å². The molecule has 12 heteroatoms. The van der Waals surface area contributed by atoms with Gasteiger partial charge in [-0.25, -0.2) is 26.6 Å². The predicted molar refractivity (Wildman–Crippen MR) is 106 cm³/mol. The van der Waals surface area contributed by atoms with Gasteiger partial charge in [-0.05, 0) is 36.8 Å². The number of rotatable bonds is 4. The van der Waals surface area contributed by atoms with Crippen molar-refractivity contribution in [3.63, 3.8) is 0 Å². The highest BCUT2D eigenvalue weighted by atomic mass is 32.2. The lowest BCUT2D eigenvalue weighted by atomic mass is 9.87. The zero-order valence-electron chi connectivity index (χ0n) is 15.8. The van der Waals surface area contributed by atoms with E-state index >= 15 is 0 Å². The summed E-state index contributed by atoms with van der Waals surface area (Å²) in [5, 5.41) is 11.2. The minimum Gasteiger partial charge on any atom is -0.387 e. The van der Waals surface area contributed by atoms with Crippen molar-refractivity contribution in [3.05, 3.63) is 59.2 Å². The SMILES string of the molecule is N#Cc1ccc(C(=O)Nc2ccc(F)c(C3(C(F)F)CCS(=O)(=O)CC(N)=N3)c2)nc1. The van der Waals surface area contributed by atoms with Gasteiger partial charge in [-0.3, -0.25) is 9.79 Å². The van der Waals surface area contributed by atoms with Crippen LogP contribution < -0.4 is 11.1 Å². The Morgan fingerprint density at radius 3 is 2.65 bits per heavy atom. The summed E-state index contributed by atoms with van der Waals surface area (Å²) in [6.45, 7) is 0. The number of benzene rings is 1. The van der Waals surface area contributed by atoms with Crippen LogP contribution in [0.15, 0.2) is 41.5 Å². The van der Waals surface area contributed by atoms with Crippen molar-refractivity contribution in [1.29, 1.82) is 5.26 Å². The Morgan fingerprint density at radius 1 is 1.29 bits per heavy atom. The molecule has 1 aliphatic rings. The first-order chi connectivity index (χ1) is 14.6. The number of sulfone groups is 1. The summed E-state index contributed by atoms with van der Waals surface area (Å²) in [6, 6.07) is 7.50. The standard InChI is InChI=1S/C19H16F3N5O3S/c20-14-3-2-12(26-17(28)15-4-1-11(8-23)9-25-15)7-13(14)19(18(21)22)5-6-31(29,30)10-16(24)27-19/h1-4,7,9,18H,5-6,10H2,(H2,24,27)(H,26,28). The van der Waals surface area contributed by atoms with E-state index in [0.29, 0.717) is 0 Å². The number of nitrogens with one attached hydrogen (secondary N) is 1. The molecule has 0 aliphatic carbocycles. The van der Waals surface area contributed by atoms with E-state index in [0.717, 1.165) is 18.2 Å². The Kier molecular flexibility index (Phi) is 5.99. The largest absolute Gasteiger partial charge is 0.387 e. The number of halogens is 3. The Morgan fingerprint density at radius 2 is 2.03 bits per heavy atom. The van der Waals surface area contributed by atoms with Crippen LogP contribution in [0.25, 0.3) is 0 Å². The topological polar surface area (TPSA) is 138 Å². The lowest BCUT2D eigenvalue weighted by Crippen LogP contribution is -2.36. The summed E-state index contributed by atoms with van der Waals surface area (Å²) in [5.41, 5.74) is 2.57. The fourth-order valence-corrected chi connectivity index (χ4v) is 4.43. The Labute approximate surface area is 175 Å². The molecule has 3 N–H and O–H groups in total. The molecule has 1 aromatic carbocycles. The van der Waals surface area contributed by atoms with Gasteiger partial charge in [-0.1, -0.05) is 0 Å². The van der Waals surface area contributed by atoms with Gasteiger partial charge >= 0.3 is 0 Å². The molecule has 0 fully saturated rings. The molecule has 0 spiro atoms. The lowest BCUT2D eigenvalue weighted by Gasteiger charge is -2.29. The molecule has 0 saturated carbocycles. The third-order valence-corrected chi connectivity index (χ3v) is 6.24. The van der Waals surface area contributed by atoms with E-state index in [9.17, 15) is 26.4 Å². The van der Waals surface area contributed by atoms with Gasteiger partial charge in [0.25, 0.3) is 12.3 Å². The van der Waals surface area contributed by atoms with E-state index < -0.39 is 62.9 Å². The van der Waals surface area contributed by atoms with Crippen molar-refractivity contribution in [2.75, 3.05) is 16.8 Å². The molecular formula is C19H16F3N5O3S. The van der Waals surface area contributed by atoms with Crippen LogP contribution in [0.4, 0.5) is 18.9 Å². The number of amides is 1. The number of alkyl halides is 2. The van der Waals surface area contributed by atoms with Crippen molar-refractivity contribution >= 4 is 27.3 Å². The molecule has 0 bridgehead atoms. The third kappa shape index (κ3) is 4.66. The highest BCUT2D eigenvalue weighted by Gasteiger charge is 2.46. The van der Waals surface area contributed by atoms with Crippen LogP contribution in [0.1, 0.15) is 28.0 Å². The molecule has 31 heavy (non-hydrogen) atoms. The molecule has 1 aromatic heterocycles. The second kappa shape index (κ2) is 8.35. The van der Waals surface area contributed by atoms with Crippen molar-refractivity contribution in [2.24, 2.45) is 10.7 Å². The summed E-state index contributed by atoms with van der Waals surface area (Å²) >= 11 is 0. The number of nitrogens with zero attached hydrogens (tertiary/aromatic N) is 3. The van der Waals surface area contributed by atoms with Gasteiger partial charge in [0.2, 0.25) is 0 Å². The van der Waals surface area contributed by atoms with Gasteiger partial charge < -0.3 is 11.1 Å². The molecule has 162 valence electrons. The molecule has 0 saturated heterocycles. The number of nitriles is 1. The molecule has 1 unspecified atom stereocenters. The lowest BCUT2D eigenvalue weighted by molar-refractivity contribution is 0.0496. The number of carbonyl (C=O) groups excluding carboxylic acids is 1. The van der Waals surface area contributed by atoms with Crippen molar-refractivity contribution in [2.45, 2.75) is 18.4 Å². The Hall–Kier alpha value is -3.46. The van der Waals surface area contributed by atoms with Crippen LogP contribution in [-0.2, 0) is 15.4 Å². The summed E-state index contributed by atoms with van der Waals surface area (Å²) < 4.78 is 66.7. The molecule has 1 atom stereocenters. The number of hydrogen-bond acceptors (Lipinski definition) is 7. The zero-order valence-corrected chi connectivity index (χ0v) is 16.7. The van der Waals surface area contributed by atoms with Crippen LogP contribution >= 0.6 is 0 Å². The molecule has 2 heterocycles. The minimum absolute atomic E-state index is 0.0338. The van der Waals surface area contributed by atoms with Gasteiger partial charge in [0.15, 0.2) is 15.4 Å². The van der Waals surface area contributed by atoms with Crippen LogP contribution in [0.5, 0.6) is 0 Å². The number of nitrogens with two attached hydrogens (primary N) is 1. The first-order valence-electron chi connectivity index (χ1n) is 8.86. The molecule has 3 rings (SSSR count). The number of aliphatic imine (C=N–C) groups is 1. The number of aromatic nitrogens is 1. The van der Waals surface area contributed by atoms with Crippen LogP contribution in [0.3, 0.4) is 0 Å². The fourth-order valence-electron chi connectivity index (χ4n) is 3.15. The van der Waals surface area contributed by atoms with Crippen LogP contribution in [0, 0.1) is 17.1 Å². The summed E-state index contributed by atoms with van der Waals surface area (Å²) in [4.78, 5) is 19.9. The maximum absolute atomic E-state index is 14.6. The minimum atomic E-state index is -3.78. The summed E-state index contributed by atoms with van der Waals surface area (Å²) in [6.07, 6.45) is -2.76. The van der Waals surface area contributed by atoms with E-state index in [-0.39, 0.29) is 16.9 Å². The second-order valence-electron chi connectivity index (χ2n) is 6.86. The fraction of sp³-hybridized carbons (Fsp3) is 0.263. The summed E-state index contributed by atoms with van der Waals surface area (Å²) in [5.74, 6) is -3.69. The quantitative estimate of drug-likeness (QED) is 0.729. The molecule has 0 radical (unpaired) electrons. The zero-order chi connectivity index (χ0) is 22.8. The van der Waals surface area contributed by atoms with Gasteiger partial charge in [-0.15, -0.1) is 0 Å². The van der Waals surface area contributed by atoms with E-state index in [1.54, 1.807) is 0 Å². The summed E-state index contributed by atoms with van der Waals surface area (Å²) in [7, 11) is -3.78. The predicted octanol–water partition coefficient (Wildman–Crippen LogP) is 1.98. The number of hydrogen-bond donors (Lipinski definition) is 2.